The lowest BCUT2D eigenvalue weighted by atomic mass is 9.86. The molecule has 9 atom stereocenters. The molecule has 8 heteroatoms. The lowest BCUT2D eigenvalue weighted by molar-refractivity contribution is -0.0942. The van der Waals surface area contributed by atoms with E-state index in [-0.39, 0.29) is 18.6 Å². The summed E-state index contributed by atoms with van der Waals surface area (Å²) in [4.78, 5) is 0. The van der Waals surface area contributed by atoms with E-state index in [0.29, 0.717) is 17.9 Å². The highest BCUT2D eigenvalue weighted by atomic mass is 31.1. The van der Waals surface area contributed by atoms with Gasteiger partial charge in [0.15, 0.2) is 6.29 Å². The smallest absolute Gasteiger partial charge is 0.336 e. The van der Waals surface area contributed by atoms with E-state index in [4.69, 9.17) is 13.9 Å². The number of hydrogen-bond acceptors (Lipinski definition) is 4. The monoisotopic (exact) mass is 352 g/mol. The highest BCUT2D eigenvalue weighted by Crippen LogP contribution is 2.46. The molecule has 122 valence electrons. The number of fused-ring (bicyclic) bond motifs is 1. The van der Waals surface area contributed by atoms with E-state index < -0.39 is 6.29 Å². The largest absolute Gasteiger partial charge is 0.425 e. The average Bonchev–Trinajstić information content (AvgIpc) is 2.90. The summed E-state index contributed by atoms with van der Waals surface area (Å²) in [7, 11) is 7.74. The van der Waals surface area contributed by atoms with E-state index in [1.54, 1.807) is 0 Å². The molecular weight excluding hydrogens is 324 g/mol. The van der Waals surface area contributed by atoms with Gasteiger partial charge in [-0.3, -0.25) is 0 Å². The van der Waals surface area contributed by atoms with E-state index in [0.717, 1.165) is 38.5 Å². The second-order valence-electron chi connectivity index (χ2n) is 6.19. The second kappa shape index (κ2) is 8.88. The third kappa shape index (κ3) is 5.08. The molecule has 1 N–H and O–H groups in total. The zero-order valence-corrected chi connectivity index (χ0v) is 16.2. The SMILES string of the molecule is CCC[C@@H](CC[C@@H]1[C@H]2CC(O)O[C@H]2C[C@H]1OB(P)P)OP. The second-order valence-corrected chi connectivity index (χ2v) is 8.55. The van der Waals surface area contributed by atoms with Gasteiger partial charge in [-0.25, -0.2) is 0 Å². The normalized spacial score (nSPS) is 36.7. The van der Waals surface area contributed by atoms with E-state index in [2.05, 4.69) is 34.6 Å². The maximum atomic E-state index is 9.73. The Morgan fingerprint density at radius 1 is 1.33 bits per heavy atom. The van der Waals surface area contributed by atoms with Crippen molar-refractivity contribution in [1.82, 2.24) is 0 Å². The molecular formula is C13H28BO4P3. The van der Waals surface area contributed by atoms with Crippen molar-refractivity contribution in [3.8, 4) is 0 Å². The molecule has 1 aliphatic heterocycles. The summed E-state index contributed by atoms with van der Waals surface area (Å²) in [6, 6.07) is 0. The van der Waals surface area contributed by atoms with Crippen molar-refractivity contribution in [2.75, 3.05) is 0 Å². The molecule has 2 rings (SSSR count). The summed E-state index contributed by atoms with van der Waals surface area (Å²) in [6.45, 7) is 2.18. The Balaban J connectivity index is 1.94. The van der Waals surface area contributed by atoms with Crippen LogP contribution in [0, 0.1) is 11.8 Å². The Morgan fingerprint density at radius 3 is 2.71 bits per heavy atom. The van der Waals surface area contributed by atoms with Crippen molar-refractivity contribution in [2.24, 2.45) is 11.8 Å². The van der Waals surface area contributed by atoms with Crippen molar-refractivity contribution >= 4 is 34.1 Å². The highest BCUT2D eigenvalue weighted by molar-refractivity contribution is 7.92. The Bertz CT molecular complexity index is 324. The van der Waals surface area contributed by atoms with Crippen LogP contribution in [0.5, 0.6) is 0 Å². The highest BCUT2D eigenvalue weighted by Gasteiger charge is 2.49. The van der Waals surface area contributed by atoms with E-state index in [1.165, 1.54) is 0 Å². The van der Waals surface area contributed by atoms with Crippen LogP contribution in [0.15, 0.2) is 0 Å². The maximum absolute atomic E-state index is 9.73. The van der Waals surface area contributed by atoms with Gasteiger partial charge in [0, 0.05) is 22.0 Å². The molecule has 0 amide bonds. The molecule has 4 unspecified atom stereocenters. The number of aliphatic hydroxyl groups is 1. The Hall–Kier alpha value is 1.19. The van der Waals surface area contributed by atoms with Gasteiger partial charge in [0.2, 0.25) is 0 Å². The predicted octanol–water partition coefficient (Wildman–Crippen LogP) is 2.61. The predicted molar refractivity (Wildman–Crippen MR) is 95.9 cm³/mol. The molecule has 1 heterocycles. The number of ether oxygens (including phenoxy) is 1. The van der Waals surface area contributed by atoms with Crippen molar-refractivity contribution < 1.29 is 19.0 Å². The van der Waals surface area contributed by atoms with Gasteiger partial charge in [0.25, 0.3) is 0 Å². The molecule has 1 saturated heterocycles. The van der Waals surface area contributed by atoms with Crippen molar-refractivity contribution in [3.05, 3.63) is 0 Å². The summed E-state index contributed by atoms with van der Waals surface area (Å²) in [5, 5.41) is 9.73. The zero-order chi connectivity index (χ0) is 15.4. The lowest BCUT2D eigenvalue weighted by Gasteiger charge is -2.27. The van der Waals surface area contributed by atoms with Crippen LogP contribution in [0.25, 0.3) is 0 Å². The molecule has 0 spiro atoms. The minimum Gasteiger partial charge on any atom is -0.425 e. The van der Waals surface area contributed by atoms with Crippen LogP contribution >= 0.6 is 27.7 Å². The van der Waals surface area contributed by atoms with E-state index in [9.17, 15) is 5.11 Å². The van der Waals surface area contributed by atoms with Crippen LogP contribution in [0.2, 0.25) is 0 Å². The molecule has 0 aromatic carbocycles. The fraction of sp³-hybridized carbons (Fsp3) is 1.00. The summed E-state index contributed by atoms with van der Waals surface area (Å²) in [5.74, 6) is 0.876. The molecule has 0 aromatic rings. The molecule has 0 bridgehead atoms. The van der Waals surface area contributed by atoms with Gasteiger partial charge in [-0.15, -0.1) is 18.2 Å². The summed E-state index contributed by atoms with van der Waals surface area (Å²) >= 11 is 0. The van der Waals surface area contributed by atoms with Gasteiger partial charge >= 0.3 is 6.35 Å². The first-order chi connectivity index (χ1) is 10.0. The fourth-order valence-electron chi connectivity index (χ4n) is 3.84. The molecule has 2 fully saturated rings. The van der Waals surface area contributed by atoms with Gasteiger partial charge in [0.05, 0.1) is 12.2 Å². The van der Waals surface area contributed by atoms with Crippen LogP contribution in [0.1, 0.15) is 45.4 Å². The van der Waals surface area contributed by atoms with Gasteiger partial charge in [0.1, 0.15) is 0 Å². The molecule has 1 aliphatic carbocycles. The zero-order valence-electron chi connectivity index (χ0n) is 12.7. The van der Waals surface area contributed by atoms with Gasteiger partial charge in [-0.2, -0.15) is 0 Å². The first kappa shape index (κ1) is 18.5. The molecule has 0 radical (unpaired) electrons. The minimum atomic E-state index is -0.587. The van der Waals surface area contributed by atoms with Crippen molar-refractivity contribution in [2.45, 2.75) is 70.1 Å². The van der Waals surface area contributed by atoms with Crippen LogP contribution in [-0.2, 0) is 13.9 Å². The van der Waals surface area contributed by atoms with Crippen LogP contribution in [-0.4, -0.2) is 36.1 Å². The Labute approximate surface area is 135 Å². The van der Waals surface area contributed by atoms with E-state index >= 15 is 0 Å². The average molecular weight is 352 g/mol. The Morgan fingerprint density at radius 2 is 2.10 bits per heavy atom. The number of aliphatic hydroxyl groups excluding tert-OH is 1. The minimum absolute atomic E-state index is 0.0747. The maximum Gasteiger partial charge on any atom is 0.336 e. The third-order valence-electron chi connectivity index (χ3n) is 4.73. The van der Waals surface area contributed by atoms with Crippen LogP contribution in [0.3, 0.4) is 0 Å². The van der Waals surface area contributed by atoms with Crippen molar-refractivity contribution in [3.63, 3.8) is 0 Å². The van der Waals surface area contributed by atoms with E-state index in [1.807, 2.05) is 0 Å². The molecule has 21 heavy (non-hydrogen) atoms. The molecule has 0 aromatic heterocycles. The van der Waals surface area contributed by atoms with Gasteiger partial charge in [-0.1, -0.05) is 13.3 Å². The van der Waals surface area contributed by atoms with Gasteiger partial charge < -0.3 is 19.0 Å². The lowest BCUT2D eigenvalue weighted by Crippen LogP contribution is -2.27. The summed E-state index contributed by atoms with van der Waals surface area (Å²) in [6.07, 6.45) is 6.14. The van der Waals surface area contributed by atoms with Gasteiger partial charge in [-0.05, 0) is 37.5 Å². The number of hydrogen-bond donors (Lipinski definition) is 1. The van der Waals surface area contributed by atoms with Crippen LogP contribution in [0.4, 0.5) is 0 Å². The molecule has 1 saturated carbocycles. The first-order valence-electron chi connectivity index (χ1n) is 7.90. The molecule has 4 nitrogen and oxygen atoms in total. The fourth-order valence-corrected chi connectivity index (χ4v) is 4.52. The summed E-state index contributed by atoms with van der Waals surface area (Å²) in [5.41, 5.74) is 0. The van der Waals surface area contributed by atoms with Crippen molar-refractivity contribution in [1.29, 1.82) is 0 Å². The first-order valence-corrected chi connectivity index (χ1v) is 9.71. The number of rotatable bonds is 8. The third-order valence-corrected chi connectivity index (χ3v) is 5.43. The van der Waals surface area contributed by atoms with Crippen LogP contribution < -0.4 is 0 Å². The summed E-state index contributed by atoms with van der Waals surface area (Å²) < 4.78 is 17.2. The standard InChI is InChI=1S/C13H28BO4P3/c1-2-3-8(18-21)4-5-9-10-6-13(15)16-11(10)7-12(9)17-14(19)20/h8-13,15H,2-7,19-21H2,1H3/t8-,9+,10+,11-,12+,13?/m0/s1. The topological polar surface area (TPSA) is 47.9 Å². The Kier molecular flexibility index (Phi) is 7.84. The molecule has 2 aliphatic rings. The quantitative estimate of drug-likeness (QED) is 0.539.